The van der Waals surface area contributed by atoms with Gasteiger partial charge in [-0.25, -0.2) is 13.1 Å². The molecule has 0 unspecified atom stereocenters. The Kier molecular flexibility index (Phi) is 5.91. The van der Waals surface area contributed by atoms with Gasteiger partial charge in [0.05, 0.1) is 5.02 Å². The summed E-state index contributed by atoms with van der Waals surface area (Å²) in [5, 5.41) is 3.53. The summed E-state index contributed by atoms with van der Waals surface area (Å²) in [6, 6.07) is 3.07. The van der Waals surface area contributed by atoms with Crippen molar-refractivity contribution in [1.29, 1.82) is 0 Å². The van der Waals surface area contributed by atoms with Crippen molar-refractivity contribution in [2.75, 3.05) is 13.6 Å². The molecule has 0 spiro atoms. The predicted octanol–water partition coefficient (Wildman–Crippen LogP) is 3.18. The third-order valence-corrected chi connectivity index (χ3v) is 5.78. The predicted molar refractivity (Wildman–Crippen MR) is 86.4 cm³/mol. The number of nitrogens with one attached hydrogen (secondary N) is 2. The van der Waals surface area contributed by atoms with Crippen LogP contribution in [0.1, 0.15) is 31.2 Å². The highest BCUT2D eigenvalue weighted by Gasteiger charge is 2.23. The first-order valence-electron chi connectivity index (χ1n) is 7.06. The van der Waals surface area contributed by atoms with E-state index in [-0.39, 0.29) is 9.92 Å². The molecule has 1 aromatic rings. The van der Waals surface area contributed by atoms with Gasteiger partial charge >= 0.3 is 0 Å². The van der Waals surface area contributed by atoms with E-state index in [1.807, 2.05) is 0 Å². The molecule has 0 bridgehead atoms. The Labute approximate surface area is 136 Å². The SMILES string of the molecule is CNCc1cc(Cl)cc(S(=O)(=O)NCCCC2CC2)c1Cl. The molecule has 7 heteroatoms. The van der Waals surface area contributed by atoms with E-state index in [9.17, 15) is 8.42 Å². The van der Waals surface area contributed by atoms with E-state index in [0.717, 1.165) is 18.8 Å². The van der Waals surface area contributed by atoms with E-state index in [4.69, 9.17) is 23.2 Å². The first-order valence-corrected chi connectivity index (χ1v) is 9.30. The molecule has 0 aliphatic heterocycles. The second-order valence-electron chi connectivity index (χ2n) is 5.39. The molecule has 1 aliphatic rings. The normalized spacial score (nSPS) is 15.4. The van der Waals surface area contributed by atoms with Crippen LogP contribution in [0.15, 0.2) is 17.0 Å². The monoisotopic (exact) mass is 350 g/mol. The van der Waals surface area contributed by atoms with Gasteiger partial charge in [-0.05, 0) is 43.5 Å². The lowest BCUT2D eigenvalue weighted by molar-refractivity contribution is 0.572. The van der Waals surface area contributed by atoms with Crippen LogP contribution in [-0.2, 0) is 16.6 Å². The van der Waals surface area contributed by atoms with E-state index in [0.29, 0.717) is 23.7 Å². The van der Waals surface area contributed by atoms with E-state index >= 15 is 0 Å². The summed E-state index contributed by atoms with van der Waals surface area (Å²) >= 11 is 12.2. The summed E-state index contributed by atoms with van der Waals surface area (Å²) in [4.78, 5) is 0.0494. The molecule has 4 nitrogen and oxygen atoms in total. The lowest BCUT2D eigenvalue weighted by Gasteiger charge is -2.12. The summed E-state index contributed by atoms with van der Waals surface area (Å²) in [6.07, 6.45) is 4.49. The Hall–Kier alpha value is -0.330. The van der Waals surface area contributed by atoms with Crippen LogP contribution >= 0.6 is 23.2 Å². The zero-order valence-corrected chi connectivity index (χ0v) is 14.3. The van der Waals surface area contributed by atoms with Gasteiger partial charge in [-0.2, -0.15) is 0 Å². The molecule has 2 N–H and O–H groups in total. The fourth-order valence-electron chi connectivity index (χ4n) is 2.21. The zero-order valence-electron chi connectivity index (χ0n) is 12.0. The molecule has 0 amide bonds. The molecule has 118 valence electrons. The van der Waals surface area contributed by atoms with Gasteiger partial charge < -0.3 is 5.32 Å². The van der Waals surface area contributed by atoms with Crippen molar-refractivity contribution in [3.8, 4) is 0 Å². The molecule has 0 saturated heterocycles. The van der Waals surface area contributed by atoms with Crippen molar-refractivity contribution in [3.05, 3.63) is 27.7 Å². The minimum atomic E-state index is -3.63. The number of hydrogen-bond donors (Lipinski definition) is 2. The second-order valence-corrected chi connectivity index (χ2v) is 7.94. The van der Waals surface area contributed by atoms with Crippen LogP contribution in [0.4, 0.5) is 0 Å². The largest absolute Gasteiger partial charge is 0.316 e. The van der Waals surface area contributed by atoms with Crippen molar-refractivity contribution in [2.24, 2.45) is 5.92 Å². The van der Waals surface area contributed by atoms with Crippen molar-refractivity contribution >= 4 is 33.2 Å². The summed E-state index contributed by atoms with van der Waals surface area (Å²) in [5.74, 6) is 0.798. The van der Waals surface area contributed by atoms with Gasteiger partial charge in [0.25, 0.3) is 0 Å². The summed E-state index contributed by atoms with van der Waals surface area (Å²) in [6.45, 7) is 0.895. The number of halogens is 2. The van der Waals surface area contributed by atoms with Crippen LogP contribution in [0, 0.1) is 5.92 Å². The van der Waals surface area contributed by atoms with E-state index in [1.165, 1.54) is 18.9 Å². The number of rotatable bonds is 8. The second kappa shape index (κ2) is 7.29. The van der Waals surface area contributed by atoms with Crippen molar-refractivity contribution in [1.82, 2.24) is 10.0 Å². The molecule has 1 fully saturated rings. The summed E-state index contributed by atoms with van der Waals surface area (Å²) in [5.41, 5.74) is 0.671. The molecule has 0 atom stereocenters. The third kappa shape index (κ3) is 4.83. The summed E-state index contributed by atoms with van der Waals surface area (Å²) in [7, 11) is -1.86. The van der Waals surface area contributed by atoms with Gasteiger partial charge in [-0.15, -0.1) is 0 Å². The number of hydrogen-bond acceptors (Lipinski definition) is 3. The van der Waals surface area contributed by atoms with Gasteiger partial charge in [0, 0.05) is 18.1 Å². The average Bonchev–Trinajstić information content (AvgIpc) is 3.23. The molecule has 2 rings (SSSR count). The molecular formula is C14H20Cl2N2O2S. The van der Waals surface area contributed by atoms with Gasteiger partial charge in [0.15, 0.2) is 0 Å². The summed E-state index contributed by atoms with van der Waals surface area (Å²) < 4.78 is 27.3. The topological polar surface area (TPSA) is 58.2 Å². The maximum Gasteiger partial charge on any atom is 0.242 e. The van der Waals surface area contributed by atoms with E-state index in [1.54, 1.807) is 13.1 Å². The Morgan fingerprint density at radius 3 is 2.62 bits per heavy atom. The fraction of sp³-hybridized carbons (Fsp3) is 0.571. The van der Waals surface area contributed by atoms with Gasteiger partial charge in [0.1, 0.15) is 4.90 Å². The van der Waals surface area contributed by atoms with Crippen LogP contribution in [0.25, 0.3) is 0 Å². The fourth-order valence-corrected chi connectivity index (χ4v) is 4.22. The van der Waals surface area contributed by atoms with Crippen molar-refractivity contribution in [2.45, 2.75) is 37.1 Å². The van der Waals surface area contributed by atoms with Crippen LogP contribution in [0.3, 0.4) is 0 Å². The van der Waals surface area contributed by atoms with Gasteiger partial charge in [-0.3, -0.25) is 0 Å². The lowest BCUT2D eigenvalue weighted by atomic mass is 10.2. The van der Waals surface area contributed by atoms with E-state index < -0.39 is 10.0 Å². The van der Waals surface area contributed by atoms with Gasteiger partial charge in [-0.1, -0.05) is 36.0 Å². The standard InChI is InChI=1S/C14H20Cl2N2O2S/c1-17-9-11-7-12(15)8-13(14(11)16)21(19,20)18-6-2-3-10-4-5-10/h7-8,10,17-18H,2-6,9H2,1H3. The number of benzene rings is 1. The first kappa shape index (κ1) is 17.0. The lowest BCUT2D eigenvalue weighted by Crippen LogP contribution is -2.25. The Morgan fingerprint density at radius 1 is 1.29 bits per heavy atom. The average molecular weight is 351 g/mol. The highest BCUT2D eigenvalue weighted by molar-refractivity contribution is 7.89. The molecule has 21 heavy (non-hydrogen) atoms. The van der Waals surface area contributed by atoms with Crippen LogP contribution < -0.4 is 10.0 Å². The smallest absolute Gasteiger partial charge is 0.242 e. The maximum absolute atomic E-state index is 12.3. The van der Waals surface area contributed by atoms with Crippen LogP contribution in [-0.4, -0.2) is 22.0 Å². The van der Waals surface area contributed by atoms with Crippen LogP contribution in [0.5, 0.6) is 0 Å². The molecule has 0 heterocycles. The van der Waals surface area contributed by atoms with E-state index in [2.05, 4.69) is 10.0 Å². The quantitative estimate of drug-likeness (QED) is 0.708. The zero-order chi connectivity index (χ0) is 15.5. The highest BCUT2D eigenvalue weighted by atomic mass is 35.5. The molecule has 0 radical (unpaired) electrons. The van der Waals surface area contributed by atoms with Crippen molar-refractivity contribution in [3.63, 3.8) is 0 Å². The van der Waals surface area contributed by atoms with Crippen molar-refractivity contribution < 1.29 is 8.42 Å². The minimum Gasteiger partial charge on any atom is -0.316 e. The van der Waals surface area contributed by atoms with Gasteiger partial charge in [0.2, 0.25) is 10.0 Å². The Morgan fingerprint density at radius 2 is 2.00 bits per heavy atom. The molecule has 1 saturated carbocycles. The van der Waals surface area contributed by atoms with Crippen LogP contribution in [0.2, 0.25) is 10.0 Å². The number of sulfonamides is 1. The Bertz CT molecular complexity index is 601. The molecular weight excluding hydrogens is 331 g/mol. The molecule has 0 aromatic heterocycles. The Balaban J connectivity index is 2.09. The third-order valence-electron chi connectivity index (χ3n) is 3.51. The maximum atomic E-state index is 12.3. The molecule has 1 aromatic carbocycles. The molecule has 1 aliphatic carbocycles. The minimum absolute atomic E-state index is 0.0494. The highest BCUT2D eigenvalue weighted by Crippen LogP contribution is 2.33. The first-order chi connectivity index (χ1) is 9.94.